The molecule has 0 aliphatic rings. The number of nitrogens with zero attached hydrogens (tertiary/aromatic N) is 1. The topological polar surface area (TPSA) is 43.1 Å². The van der Waals surface area contributed by atoms with Gasteiger partial charge in [-0.1, -0.05) is 40.5 Å². The molecule has 12 heteroatoms. The van der Waals surface area contributed by atoms with Crippen LogP contribution >= 0.6 is 27.5 Å². The third-order valence-corrected chi connectivity index (χ3v) is 5.08. The van der Waals surface area contributed by atoms with Gasteiger partial charge in [-0.3, -0.25) is 10.1 Å². The Kier molecular flexibility index (Phi) is 6.25. The van der Waals surface area contributed by atoms with Gasteiger partial charge < -0.3 is 0 Å². The molecule has 0 atom stereocenters. The van der Waals surface area contributed by atoms with E-state index in [4.69, 9.17) is 11.6 Å². The minimum Gasteiger partial charge on any atom is -0.258 e. The number of hydrogen-bond acceptors (Lipinski definition) is 2. The summed E-state index contributed by atoms with van der Waals surface area (Å²) < 4.78 is 94.9. The first kappa shape index (κ1) is 23.4. The van der Waals surface area contributed by atoms with Gasteiger partial charge in [0.1, 0.15) is 0 Å². The summed E-state index contributed by atoms with van der Waals surface area (Å²) in [7, 11) is 0. The molecule has 2 aromatic rings. The van der Waals surface area contributed by atoms with Gasteiger partial charge in [-0.15, -0.1) is 0 Å². The fourth-order valence-corrected chi connectivity index (χ4v) is 3.69. The van der Waals surface area contributed by atoms with Gasteiger partial charge in [-0.25, -0.2) is 4.39 Å². The van der Waals surface area contributed by atoms with Gasteiger partial charge in [0, 0.05) is 33.3 Å². The lowest BCUT2D eigenvalue weighted by molar-refractivity contribution is -0.384. The maximum absolute atomic E-state index is 14.9. The van der Waals surface area contributed by atoms with E-state index in [2.05, 4.69) is 15.9 Å². The normalized spacial score (nSPS) is 12.9. The molecule has 0 unspecified atom stereocenters. The summed E-state index contributed by atoms with van der Waals surface area (Å²) in [5.74, 6) is 0. The quantitative estimate of drug-likeness (QED) is 0.243. The van der Waals surface area contributed by atoms with Gasteiger partial charge in [0.2, 0.25) is 0 Å². The van der Waals surface area contributed by atoms with Crippen molar-refractivity contribution in [2.24, 2.45) is 0 Å². The largest absolute Gasteiger partial charge is 0.435 e. The Balaban J connectivity index is 2.97. The molecule has 0 saturated carbocycles. The standard InChI is InChI=1S/C17H10BrClF7NO2/c1-2-8-5-11(15(20,16(21,22)23)17(24,25)26)14(12(18)6-8)10-4-3-9(27(28)29)7-13(10)19/h3-7H,2H2,1H3. The molecule has 2 aromatic carbocycles. The van der Waals surface area contributed by atoms with Crippen molar-refractivity contribution in [1.29, 1.82) is 0 Å². The zero-order chi connectivity index (χ0) is 22.4. The third-order valence-electron chi connectivity index (χ3n) is 4.14. The highest BCUT2D eigenvalue weighted by atomic mass is 79.9. The van der Waals surface area contributed by atoms with E-state index in [-0.39, 0.29) is 16.5 Å². The van der Waals surface area contributed by atoms with Gasteiger partial charge in [-0.05, 0) is 24.1 Å². The number of hydrogen-bond donors (Lipinski definition) is 0. The Hall–Kier alpha value is -1.88. The molecule has 3 nitrogen and oxygen atoms in total. The number of nitro groups is 1. The van der Waals surface area contributed by atoms with Crippen molar-refractivity contribution >= 4 is 33.2 Å². The van der Waals surface area contributed by atoms with Crippen molar-refractivity contribution < 1.29 is 35.7 Å². The first-order valence-electron chi connectivity index (χ1n) is 7.74. The van der Waals surface area contributed by atoms with Gasteiger partial charge >= 0.3 is 18.0 Å². The lowest BCUT2D eigenvalue weighted by Gasteiger charge is -2.32. The van der Waals surface area contributed by atoms with E-state index in [1.54, 1.807) is 0 Å². The van der Waals surface area contributed by atoms with Crippen molar-refractivity contribution in [3.05, 3.63) is 61.1 Å². The summed E-state index contributed by atoms with van der Waals surface area (Å²) in [6.07, 6.45) is -12.6. The second kappa shape index (κ2) is 7.75. The Morgan fingerprint density at radius 1 is 1.03 bits per heavy atom. The van der Waals surface area contributed by atoms with Gasteiger partial charge in [0.25, 0.3) is 5.69 Å². The van der Waals surface area contributed by atoms with E-state index in [0.29, 0.717) is 6.07 Å². The van der Waals surface area contributed by atoms with Crippen LogP contribution in [0, 0.1) is 10.1 Å². The molecule has 158 valence electrons. The average Bonchev–Trinajstić information content (AvgIpc) is 2.58. The van der Waals surface area contributed by atoms with E-state index in [0.717, 1.165) is 18.2 Å². The van der Waals surface area contributed by atoms with Gasteiger partial charge in [-0.2, -0.15) is 26.3 Å². The van der Waals surface area contributed by atoms with Crippen LogP contribution in [0.5, 0.6) is 0 Å². The lowest BCUT2D eigenvalue weighted by atomic mass is 9.85. The van der Waals surface area contributed by atoms with E-state index < -0.39 is 50.3 Å². The number of nitro benzene ring substituents is 1. The number of alkyl halides is 7. The van der Waals surface area contributed by atoms with Crippen LogP contribution < -0.4 is 0 Å². The fraction of sp³-hybridized carbons (Fsp3) is 0.294. The highest BCUT2D eigenvalue weighted by Crippen LogP contribution is 2.57. The van der Waals surface area contributed by atoms with Gasteiger partial charge in [0.05, 0.1) is 9.95 Å². The maximum Gasteiger partial charge on any atom is 0.435 e. The highest BCUT2D eigenvalue weighted by molar-refractivity contribution is 9.10. The van der Waals surface area contributed by atoms with Crippen LogP contribution in [-0.4, -0.2) is 17.3 Å². The summed E-state index contributed by atoms with van der Waals surface area (Å²) in [5.41, 5.74) is -9.19. The maximum atomic E-state index is 14.9. The van der Waals surface area contributed by atoms with Crippen molar-refractivity contribution in [1.82, 2.24) is 0 Å². The Morgan fingerprint density at radius 2 is 1.59 bits per heavy atom. The zero-order valence-corrected chi connectivity index (χ0v) is 16.6. The molecule has 0 radical (unpaired) electrons. The predicted octanol–water partition coefficient (Wildman–Crippen LogP) is 7.53. The molecule has 0 aliphatic heterocycles. The third kappa shape index (κ3) is 4.07. The number of halogens is 9. The smallest absolute Gasteiger partial charge is 0.258 e. The molecule has 0 amide bonds. The monoisotopic (exact) mass is 507 g/mol. The summed E-state index contributed by atoms with van der Waals surface area (Å²) in [4.78, 5) is 9.97. The molecule has 29 heavy (non-hydrogen) atoms. The molecule has 0 heterocycles. The van der Waals surface area contributed by atoms with Crippen molar-refractivity contribution in [2.75, 3.05) is 0 Å². The molecule has 2 rings (SSSR count). The van der Waals surface area contributed by atoms with Gasteiger partial charge in [0.15, 0.2) is 0 Å². The Bertz CT molecular complexity index is 946. The van der Waals surface area contributed by atoms with Crippen LogP contribution in [0.4, 0.5) is 36.4 Å². The van der Waals surface area contributed by atoms with E-state index in [1.807, 2.05) is 0 Å². The number of benzene rings is 2. The zero-order valence-electron chi connectivity index (χ0n) is 14.3. The van der Waals surface area contributed by atoms with E-state index in [9.17, 15) is 40.8 Å². The summed E-state index contributed by atoms with van der Waals surface area (Å²) in [6.45, 7) is 1.46. The van der Waals surface area contributed by atoms with Crippen LogP contribution in [0.1, 0.15) is 18.1 Å². The summed E-state index contributed by atoms with van der Waals surface area (Å²) in [6, 6.07) is 4.15. The molecule has 0 spiro atoms. The van der Waals surface area contributed by atoms with E-state index >= 15 is 0 Å². The molecular weight excluding hydrogens is 499 g/mol. The number of rotatable bonds is 4. The predicted molar refractivity (Wildman–Crippen MR) is 95.5 cm³/mol. The number of non-ortho nitro benzene ring substituents is 1. The molecule has 0 N–H and O–H groups in total. The molecule has 0 fully saturated rings. The average molecular weight is 509 g/mol. The molecule has 0 bridgehead atoms. The first-order chi connectivity index (χ1) is 13.1. The summed E-state index contributed by atoms with van der Waals surface area (Å²) in [5, 5.41) is 10.3. The van der Waals surface area contributed by atoms with Crippen LogP contribution in [0.3, 0.4) is 0 Å². The Labute approximate surface area is 172 Å². The van der Waals surface area contributed by atoms with Crippen LogP contribution in [0.25, 0.3) is 11.1 Å². The highest BCUT2D eigenvalue weighted by Gasteiger charge is 2.74. The van der Waals surface area contributed by atoms with E-state index in [1.165, 1.54) is 13.0 Å². The lowest BCUT2D eigenvalue weighted by Crippen LogP contribution is -2.50. The minimum absolute atomic E-state index is 0.00387. The first-order valence-corrected chi connectivity index (χ1v) is 8.91. The SMILES string of the molecule is CCc1cc(Br)c(-c2ccc([N+](=O)[O-])cc2Cl)c(C(F)(C(F)(F)F)C(F)(F)F)c1. The second-order valence-electron chi connectivity index (χ2n) is 5.93. The van der Waals surface area contributed by atoms with Crippen molar-refractivity contribution in [3.63, 3.8) is 0 Å². The van der Waals surface area contributed by atoms with Crippen LogP contribution in [0.15, 0.2) is 34.8 Å². The fourth-order valence-electron chi connectivity index (χ4n) is 2.70. The molecule has 0 saturated heterocycles. The van der Waals surface area contributed by atoms with Crippen LogP contribution in [0.2, 0.25) is 5.02 Å². The minimum atomic E-state index is -6.33. The summed E-state index contributed by atoms with van der Waals surface area (Å²) >= 11 is 8.78. The van der Waals surface area contributed by atoms with Crippen molar-refractivity contribution in [2.45, 2.75) is 31.4 Å². The molecule has 0 aliphatic carbocycles. The van der Waals surface area contributed by atoms with Crippen LogP contribution in [-0.2, 0) is 12.1 Å². The molecular formula is C17H10BrClF7NO2. The number of aryl methyl sites for hydroxylation is 1. The van der Waals surface area contributed by atoms with Crippen molar-refractivity contribution in [3.8, 4) is 11.1 Å². The Morgan fingerprint density at radius 3 is 2.00 bits per heavy atom. The second-order valence-corrected chi connectivity index (χ2v) is 7.19. The molecule has 0 aromatic heterocycles.